The quantitative estimate of drug-likeness (QED) is 0.540. The zero-order valence-corrected chi connectivity index (χ0v) is 11.4. The molecule has 0 bridgehead atoms. The molecule has 100 valence electrons. The minimum Gasteiger partial charge on any atom is -0.467 e. The number of nitrogens with one attached hydrogen (secondary N) is 1. The van der Waals surface area contributed by atoms with Crippen LogP contribution in [0.15, 0.2) is 25.0 Å². The summed E-state index contributed by atoms with van der Waals surface area (Å²) in [6, 6.07) is 0.413. The predicted molar refractivity (Wildman–Crippen MR) is 73.5 cm³/mol. The molecule has 0 saturated carbocycles. The lowest BCUT2D eigenvalue weighted by Crippen LogP contribution is -2.17. The molecule has 1 atom stereocenters. The molecule has 1 N–H and O–H groups in total. The highest BCUT2D eigenvalue weighted by atomic mass is 16.5. The molecule has 0 aromatic carbocycles. The number of ether oxygens (including phenoxy) is 1. The molecule has 0 spiro atoms. The van der Waals surface area contributed by atoms with Gasteiger partial charge in [-0.15, -0.1) is 6.58 Å². The summed E-state index contributed by atoms with van der Waals surface area (Å²) >= 11 is 0. The topological polar surface area (TPSA) is 47.0 Å². The molecule has 4 heteroatoms. The third kappa shape index (κ3) is 5.27. The number of hydrogen-bond donors (Lipinski definition) is 1. The van der Waals surface area contributed by atoms with Crippen LogP contribution < -0.4 is 10.1 Å². The predicted octanol–water partition coefficient (Wildman–Crippen LogP) is 2.57. The van der Waals surface area contributed by atoms with Gasteiger partial charge in [-0.1, -0.05) is 19.4 Å². The van der Waals surface area contributed by atoms with Gasteiger partial charge in [-0.3, -0.25) is 0 Å². The van der Waals surface area contributed by atoms with Crippen molar-refractivity contribution in [3.8, 4) is 6.01 Å². The maximum Gasteiger partial charge on any atom is 0.316 e. The van der Waals surface area contributed by atoms with Gasteiger partial charge in [0.05, 0.1) is 7.11 Å². The summed E-state index contributed by atoms with van der Waals surface area (Å²) in [4.78, 5) is 8.14. The lowest BCUT2D eigenvalue weighted by atomic mass is 9.99. The van der Waals surface area contributed by atoms with Gasteiger partial charge in [0.15, 0.2) is 0 Å². The first kappa shape index (κ1) is 14.6. The summed E-state index contributed by atoms with van der Waals surface area (Å²) in [5.41, 5.74) is 1.08. The fourth-order valence-electron chi connectivity index (χ4n) is 1.80. The molecule has 0 fully saturated rings. The van der Waals surface area contributed by atoms with E-state index in [-0.39, 0.29) is 0 Å². The Morgan fingerprint density at radius 3 is 2.72 bits per heavy atom. The molecule has 0 saturated heterocycles. The fraction of sp³-hybridized carbons (Fsp3) is 0.571. The third-order valence-electron chi connectivity index (χ3n) is 3.00. The Labute approximate surface area is 109 Å². The van der Waals surface area contributed by atoms with E-state index in [1.807, 2.05) is 6.08 Å². The number of allylic oxidation sites excluding steroid dienone is 1. The van der Waals surface area contributed by atoms with Gasteiger partial charge < -0.3 is 10.1 Å². The zero-order chi connectivity index (χ0) is 13.2. The zero-order valence-electron chi connectivity index (χ0n) is 11.4. The second-order valence-electron chi connectivity index (χ2n) is 4.34. The Morgan fingerprint density at radius 1 is 1.44 bits per heavy atom. The van der Waals surface area contributed by atoms with Gasteiger partial charge in [-0.05, 0) is 25.3 Å². The van der Waals surface area contributed by atoms with Crippen molar-refractivity contribution in [2.24, 2.45) is 5.92 Å². The van der Waals surface area contributed by atoms with Gasteiger partial charge in [0, 0.05) is 24.5 Å². The van der Waals surface area contributed by atoms with Gasteiger partial charge in [0.25, 0.3) is 0 Å². The third-order valence-corrected chi connectivity index (χ3v) is 3.00. The molecule has 0 aliphatic rings. The Bertz CT molecular complexity index is 337. The van der Waals surface area contributed by atoms with Crippen molar-refractivity contribution < 1.29 is 4.74 Å². The second-order valence-corrected chi connectivity index (χ2v) is 4.34. The van der Waals surface area contributed by atoms with Crippen LogP contribution in [0.5, 0.6) is 6.01 Å². The van der Waals surface area contributed by atoms with E-state index in [0.717, 1.165) is 31.0 Å². The van der Waals surface area contributed by atoms with Crippen molar-refractivity contribution in [1.29, 1.82) is 0 Å². The number of methoxy groups -OCH3 is 1. The molecule has 1 rings (SSSR count). The van der Waals surface area contributed by atoms with Crippen LogP contribution in [0.4, 0.5) is 0 Å². The van der Waals surface area contributed by atoms with Crippen molar-refractivity contribution in [2.75, 3.05) is 13.7 Å². The first-order valence-electron chi connectivity index (χ1n) is 6.46. The normalized spacial score (nSPS) is 12.1. The van der Waals surface area contributed by atoms with E-state index in [1.165, 1.54) is 12.8 Å². The van der Waals surface area contributed by atoms with Crippen molar-refractivity contribution >= 4 is 0 Å². The smallest absolute Gasteiger partial charge is 0.316 e. The fourth-order valence-corrected chi connectivity index (χ4v) is 1.80. The van der Waals surface area contributed by atoms with E-state index in [2.05, 4.69) is 28.8 Å². The molecule has 18 heavy (non-hydrogen) atoms. The molecule has 0 aliphatic carbocycles. The van der Waals surface area contributed by atoms with Gasteiger partial charge in [-0.2, -0.15) is 0 Å². The summed E-state index contributed by atoms with van der Waals surface area (Å²) < 4.78 is 4.92. The maximum absolute atomic E-state index is 4.92. The van der Waals surface area contributed by atoms with Crippen LogP contribution in [0.25, 0.3) is 0 Å². The number of nitrogens with zero attached hydrogens (tertiary/aromatic N) is 2. The van der Waals surface area contributed by atoms with E-state index < -0.39 is 0 Å². The number of rotatable bonds is 9. The first-order chi connectivity index (χ1) is 8.80. The molecule has 1 unspecified atom stereocenters. The molecule has 1 aromatic rings. The second kappa shape index (κ2) is 8.64. The van der Waals surface area contributed by atoms with Crippen LogP contribution >= 0.6 is 0 Å². The molecular formula is C14H23N3O. The van der Waals surface area contributed by atoms with E-state index in [9.17, 15) is 0 Å². The van der Waals surface area contributed by atoms with Crippen LogP contribution in [0.2, 0.25) is 0 Å². The Balaban J connectivity index is 2.22. The van der Waals surface area contributed by atoms with E-state index in [0.29, 0.717) is 6.01 Å². The highest BCUT2D eigenvalue weighted by Crippen LogP contribution is 2.12. The Morgan fingerprint density at radius 2 is 2.17 bits per heavy atom. The summed E-state index contributed by atoms with van der Waals surface area (Å²) in [6.45, 7) is 7.83. The molecule has 1 aromatic heterocycles. The monoisotopic (exact) mass is 249 g/mol. The summed E-state index contributed by atoms with van der Waals surface area (Å²) in [5.74, 6) is 0.738. The van der Waals surface area contributed by atoms with E-state index >= 15 is 0 Å². The van der Waals surface area contributed by atoms with Crippen LogP contribution in [-0.2, 0) is 6.54 Å². The molecule has 4 nitrogen and oxygen atoms in total. The van der Waals surface area contributed by atoms with Gasteiger partial charge >= 0.3 is 6.01 Å². The maximum atomic E-state index is 4.92. The molecular weight excluding hydrogens is 226 g/mol. The van der Waals surface area contributed by atoms with Gasteiger partial charge in [0.2, 0.25) is 0 Å². The number of hydrogen-bond acceptors (Lipinski definition) is 4. The first-order valence-corrected chi connectivity index (χ1v) is 6.46. The lowest BCUT2D eigenvalue weighted by Gasteiger charge is -2.12. The standard InChI is InChI=1S/C14H23N3O/c1-4-6-12(5-2)7-8-15-9-13-10-16-14(18-3)17-11-13/h4,10-12,15H,1,5-9H2,2-3H3. The number of aromatic nitrogens is 2. The van der Waals surface area contributed by atoms with Crippen LogP contribution in [-0.4, -0.2) is 23.6 Å². The minimum atomic E-state index is 0.413. The molecule has 1 heterocycles. The minimum absolute atomic E-state index is 0.413. The molecule has 0 amide bonds. The van der Waals surface area contributed by atoms with Crippen LogP contribution in [0.1, 0.15) is 31.7 Å². The Hall–Kier alpha value is -1.42. The summed E-state index contributed by atoms with van der Waals surface area (Å²) in [7, 11) is 1.57. The van der Waals surface area contributed by atoms with Gasteiger partial charge in [0.1, 0.15) is 0 Å². The average Bonchev–Trinajstić information content (AvgIpc) is 2.43. The highest BCUT2D eigenvalue weighted by molar-refractivity contribution is 5.06. The highest BCUT2D eigenvalue weighted by Gasteiger charge is 2.03. The van der Waals surface area contributed by atoms with Gasteiger partial charge in [-0.25, -0.2) is 9.97 Å². The molecule has 0 radical (unpaired) electrons. The van der Waals surface area contributed by atoms with Crippen molar-refractivity contribution in [1.82, 2.24) is 15.3 Å². The SMILES string of the molecule is C=CCC(CC)CCNCc1cnc(OC)nc1. The largest absolute Gasteiger partial charge is 0.467 e. The van der Waals surface area contributed by atoms with Crippen LogP contribution in [0.3, 0.4) is 0 Å². The summed E-state index contributed by atoms with van der Waals surface area (Å²) in [5, 5.41) is 3.41. The van der Waals surface area contributed by atoms with Crippen molar-refractivity contribution in [3.63, 3.8) is 0 Å². The summed E-state index contributed by atoms with van der Waals surface area (Å²) in [6.07, 6.45) is 9.08. The average molecular weight is 249 g/mol. The van der Waals surface area contributed by atoms with E-state index in [4.69, 9.17) is 4.74 Å². The van der Waals surface area contributed by atoms with Crippen LogP contribution in [0, 0.1) is 5.92 Å². The Kier molecular flexibility index (Phi) is 7.03. The van der Waals surface area contributed by atoms with E-state index in [1.54, 1.807) is 19.5 Å². The molecule has 0 aliphatic heterocycles. The lowest BCUT2D eigenvalue weighted by molar-refractivity contribution is 0.379. The van der Waals surface area contributed by atoms with Crippen molar-refractivity contribution in [2.45, 2.75) is 32.7 Å². The van der Waals surface area contributed by atoms with Crippen molar-refractivity contribution in [3.05, 3.63) is 30.6 Å².